The van der Waals surface area contributed by atoms with Gasteiger partial charge >= 0.3 is 0 Å². The van der Waals surface area contributed by atoms with Crippen LogP contribution in [0.15, 0.2) is 24.3 Å². The number of hydrogen-bond acceptors (Lipinski definition) is 4. The van der Waals surface area contributed by atoms with Crippen molar-refractivity contribution in [2.45, 2.75) is 39.0 Å². The molecule has 1 aromatic rings. The number of nitrogens with zero attached hydrogens (tertiary/aromatic N) is 1. The lowest BCUT2D eigenvalue weighted by Gasteiger charge is -2.31. The van der Waals surface area contributed by atoms with Crippen molar-refractivity contribution >= 4 is 18.3 Å². The Morgan fingerprint density at radius 1 is 1.19 bits per heavy atom. The molecule has 1 aliphatic heterocycles. The number of amides is 1. The lowest BCUT2D eigenvalue weighted by atomic mass is 9.93. The van der Waals surface area contributed by atoms with Gasteiger partial charge in [0.2, 0.25) is 5.91 Å². The second-order valence-corrected chi connectivity index (χ2v) is 7.53. The van der Waals surface area contributed by atoms with E-state index < -0.39 is 0 Å². The molecule has 0 spiro atoms. The van der Waals surface area contributed by atoms with E-state index in [1.165, 1.54) is 24.8 Å². The van der Waals surface area contributed by atoms with Crippen LogP contribution in [-0.2, 0) is 4.79 Å². The minimum atomic E-state index is 0. The fourth-order valence-corrected chi connectivity index (χ4v) is 3.35. The zero-order valence-corrected chi connectivity index (χ0v) is 17.8. The van der Waals surface area contributed by atoms with Gasteiger partial charge in [-0.1, -0.05) is 26.0 Å². The van der Waals surface area contributed by atoms with E-state index in [-0.39, 0.29) is 18.3 Å². The second-order valence-electron chi connectivity index (χ2n) is 7.53. The van der Waals surface area contributed by atoms with Gasteiger partial charge in [-0.05, 0) is 75.5 Å². The molecule has 2 N–H and O–H groups in total. The van der Waals surface area contributed by atoms with Gasteiger partial charge in [-0.25, -0.2) is 0 Å². The highest BCUT2D eigenvalue weighted by Crippen LogP contribution is 2.20. The van der Waals surface area contributed by atoms with Crippen LogP contribution in [0.3, 0.4) is 0 Å². The molecule has 1 fully saturated rings. The van der Waals surface area contributed by atoms with E-state index in [0.717, 1.165) is 31.3 Å². The number of ether oxygens (including phenoxy) is 1. The number of carbonyl (C=O) groups excluding carboxylic acids is 1. The van der Waals surface area contributed by atoms with E-state index >= 15 is 0 Å². The Balaban J connectivity index is 0.00000364. The van der Waals surface area contributed by atoms with Gasteiger partial charge in [0.25, 0.3) is 0 Å². The molecule has 27 heavy (non-hydrogen) atoms. The molecule has 2 rings (SSSR count). The van der Waals surface area contributed by atoms with Crippen molar-refractivity contribution < 1.29 is 9.53 Å². The lowest BCUT2D eigenvalue weighted by Crippen LogP contribution is -2.42. The molecule has 1 aliphatic rings. The third-order valence-corrected chi connectivity index (χ3v) is 5.12. The molecule has 5 nitrogen and oxygen atoms in total. The van der Waals surface area contributed by atoms with Crippen LogP contribution < -0.4 is 15.4 Å². The molecule has 0 aliphatic carbocycles. The first kappa shape index (κ1) is 23.7. The molecule has 0 saturated carbocycles. The zero-order chi connectivity index (χ0) is 18.8. The van der Waals surface area contributed by atoms with E-state index in [1.54, 1.807) is 0 Å². The summed E-state index contributed by atoms with van der Waals surface area (Å²) >= 11 is 0. The smallest absolute Gasteiger partial charge is 0.234 e. The van der Waals surface area contributed by atoms with E-state index in [1.807, 2.05) is 19.2 Å². The Kier molecular flexibility index (Phi) is 11.4. The number of piperidine rings is 1. The predicted octanol–water partition coefficient (Wildman–Crippen LogP) is 3.05. The van der Waals surface area contributed by atoms with Crippen LogP contribution in [0.2, 0.25) is 0 Å². The summed E-state index contributed by atoms with van der Waals surface area (Å²) in [6.45, 7) is 9.04. The Hall–Kier alpha value is -1.30. The first-order valence-corrected chi connectivity index (χ1v) is 9.95. The van der Waals surface area contributed by atoms with Crippen LogP contribution in [0, 0.1) is 5.92 Å². The van der Waals surface area contributed by atoms with Gasteiger partial charge in [0, 0.05) is 0 Å². The number of hydrogen-bond donors (Lipinski definition) is 2. The Morgan fingerprint density at radius 2 is 1.85 bits per heavy atom. The zero-order valence-electron chi connectivity index (χ0n) is 17.0. The first-order chi connectivity index (χ1) is 12.6. The molecule has 1 saturated heterocycles. The van der Waals surface area contributed by atoms with Crippen LogP contribution in [0.25, 0.3) is 0 Å². The first-order valence-electron chi connectivity index (χ1n) is 9.95. The van der Waals surface area contributed by atoms with E-state index in [9.17, 15) is 4.79 Å². The number of nitrogens with one attached hydrogen (secondary N) is 2. The summed E-state index contributed by atoms with van der Waals surface area (Å²) in [5.41, 5.74) is 1.31. The molecule has 0 bridgehead atoms. The Labute approximate surface area is 170 Å². The lowest BCUT2D eigenvalue weighted by molar-refractivity contribution is -0.122. The summed E-state index contributed by atoms with van der Waals surface area (Å²) < 4.78 is 5.70. The summed E-state index contributed by atoms with van der Waals surface area (Å²) in [4.78, 5) is 14.3. The van der Waals surface area contributed by atoms with Gasteiger partial charge in [-0.2, -0.15) is 0 Å². The summed E-state index contributed by atoms with van der Waals surface area (Å²) in [6.07, 6.45) is 3.64. The Bertz CT molecular complexity index is 529. The summed E-state index contributed by atoms with van der Waals surface area (Å²) in [5.74, 6) is 2.28. The average Bonchev–Trinajstić information content (AvgIpc) is 2.65. The molecule has 0 unspecified atom stereocenters. The van der Waals surface area contributed by atoms with Gasteiger partial charge in [-0.15, -0.1) is 12.4 Å². The molecular weight excluding hydrogens is 362 g/mol. The largest absolute Gasteiger partial charge is 0.492 e. The van der Waals surface area contributed by atoms with E-state index in [4.69, 9.17) is 4.74 Å². The Morgan fingerprint density at radius 3 is 2.44 bits per heavy atom. The van der Waals surface area contributed by atoms with Gasteiger partial charge < -0.3 is 15.4 Å². The highest BCUT2D eigenvalue weighted by molar-refractivity contribution is 5.85. The number of benzene rings is 1. The van der Waals surface area contributed by atoms with Crippen LogP contribution in [-0.4, -0.2) is 57.2 Å². The number of likely N-dealkylation sites (tertiary alicyclic amines) is 1. The maximum Gasteiger partial charge on any atom is 0.234 e. The molecule has 154 valence electrons. The average molecular weight is 398 g/mol. The molecule has 6 heteroatoms. The number of rotatable bonds is 10. The fourth-order valence-electron chi connectivity index (χ4n) is 3.35. The van der Waals surface area contributed by atoms with E-state index in [0.29, 0.717) is 25.6 Å². The maximum absolute atomic E-state index is 12.1. The van der Waals surface area contributed by atoms with Crippen LogP contribution in [0.1, 0.15) is 44.6 Å². The van der Waals surface area contributed by atoms with Crippen molar-refractivity contribution in [3.8, 4) is 5.75 Å². The standard InChI is InChI=1S/C21H35N3O2.ClH/c1-17(2)19-4-6-20(7-5-19)26-15-12-23-21(25)16-24-13-9-18(10-14-24)8-11-22-3;/h4-7,17-18,22H,8-16H2,1-3H3,(H,23,25);1H. The van der Waals surface area contributed by atoms with Crippen LogP contribution in [0.4, 0.5) is 0 Å². The van der Waals surface area contributed by atoms with Crippen LogP contribution in [0.5, 0.6) is 5.75 Å². The van der Waals surface area contributed by atoms with Crippen molar-refractivity contribution in [3.05, 3.63) is 29.8 Å². The normalized spacial score (nSPS) is 15.4. The number of halogens is 1. The van der Waals surface area contributed by atoms with Gasteiger partial charge in [0.05, 0.1) is 13.1 Å². The highest BCUT2D eigenvalue weighted by Gasteiger charge is 2.20. The third-order valence-electron chi connectivity index (χ3n) is 5.12. The quantitative estimate of drug-likeness (QED) is 0.596. The summed E-state index contributed by atoms with van der Waals surface area (Å²) in [5, 5.41) is 6.18. The molecule has 1 heterocycles. The van der Waals surface area contributed by atoms with Crippen LogP contribution >= 0.6 is 12.4 Å². The SMILES string of the molecule is CNCCC1CCN(CC(=O)NCCOc2ccc(C(C)C)cc2)CC1.Cl. The number of carbonyl (C=O) groups is 1. The molecular formula is C21H36ClN3O2. The predicted molar refractivity (Wildman–Crippen MR) is 114 cm³/mol. The highest BCUT2D eigenvalue weighted by atomic mass is 35.5. The fraction of sp³-hybridized carbons (Fsp3) is 0.667. The van der Waals surface area contributed by atoms with E-state index in [2.05, 4.69) is 41.5 Å². The summed E-state index contributed by atoms with van der Waals surface area (Å²) in [6, 6.07) is 8.18. The van der Waals surface area contributed by atoms with Crippen molar-refractivity contribution in [2.24, 2.45) is 5.92 Å². The second kappa shape index (κ2) is 13.0. The molecule has 0 radical (unpaired) electrons. The van der Waals surface area contributed by atoms with Crippen molar-refractivity contribution in [1.82, 2.24) is 15.5 Å². The molecule has 0 aromatic heterocycles. The topological polar surface area (TPSA) is 53.6 Å². The molecule has 0 atom stereocenters. The molecule has 1 aromatic carbocycles. The van der Waals surface area contributed by atoms with Gasteiger partial charge in [-0.3, -0.25) is 9.69 Å². The van der Waals surface area contributed by atoms with Gasteiger partial charge in [0.15, 0.2) is 0 Å². The van der Waals surface area contributed by atoms with Gasteiger partial charge in [0.1, 0.15) is 12.4 Å². The van der Waals surface area contributed by atoms with Crippen molar-refractivity contribution in [3.63, 3.8) is 0 Å². The third kappa shape index (κ3) is 8.96. The monoisotopic (exact) mass is 397 g/mol. The summed E-state index contributed by atoms with van der Waals surface area (Å²) in [7, 11) is 2.00. The van der Waals surface area contributed by atoms with Crippen molar-refractivity contribution in [1.29, 1.82) is 0 Å². The minimum Gasteiger partial charge on any atom is -0.492 e. The molecule has 1 amide bonds. The van der Waals surface area contributed by atoms with Crippen molar-refractivity contribution in [2.75, 3.05) is 46.4 Å². The minimum absolute atomic E-state index is 0. The maximum atomic E-state index is 12.1.